The zero-order valence-corrected chi connectivity index (χ0v) is 7.44. The Morgan fingerprint density at radius 3 is 2.82 bits per heavy atom. The van der Waals surface area contributed by atoms with E-state index in [9.17, 15) is 4.21 Å². The molecule has 0 aromatic heterocycles. The predicted octanol–water partition coefficient (Wildman–Crippen LogP) is 1.70. The second-order valence-corrected chi connectivity index (χ2v) is 3.58. The van der Waals surface area contributed by atoms with Crippen molar-refractivity contribution in [3.8, 4) is 0 Å². The van der Waals surface area contributed by atoms with E-state index >= 15 is 0 Å². The molecule has 1 atom stereocenters. The highest BCUT2D eigenvalue weighted by molar-refractivity contribution is 7.80. The van der Waals surface area contributed by atoms with Crippen LogP contribution >= 0.6 is 12.6 Å². The van der Waals surface area contributed by atoms with Gasteiger partial charge >= 0.3 is 0 Å². The highest BCUT2D eigenvalue weighted by Gasteiger charge is 1.96. The summed E-state index contributed by atoms with van der Waals surface area (Å²) in [6.07, 6.45) is 0. The van der Waals surface area contributed by atoms with Gasteiger partial charge in [-0.1, -0.05) is 12.1 Å². The molecule has 4 heteroatoms. The zero-order chi connectivity index (χ0) is 8.27. The molecule has 60 valence electrons. The third-order valence-corrected chi connectivity index (χ3v) is 2.06. The Bertz CT molecular complexity index is 273. The van der Waals surface area contributed by atoms with Crippen LogP contribution < -0.4 is 0 Å². The molecule has 1 aromatic rings. The number of thiol groups is 1. The van der Waals surface area contributed by atoms with E-state index in [2.05, 4.69) is 12.6 Å². The van der Waals surface area contributed by atoms with Gasteiger partial charge in [0.1, 0.15) is 0 Å². The molecule has 1 rings (SSSR count). The van der Waals surface area contributed by atoms with Gasteiger partial charge in [0.25, 0.3) is 0 Å². The molecule has 0 bridgehead atoms. The van der Waals surface area contributed by atoms with Crippen LogP contribution in [-0.2, 0) is 16.8 Å². The highest BCUT2D eigenvalue weighted by atomic mass is 32.2. The van der Waals surface area contributed by atoms with E-state index in [-0.39, 0.29) is 5.75 Å². The maximum atomic E-state index is 10.4. The molecule has 0 heterocycles. The topological polar surface area (TPSA) is 37.3 Å². The maximum Gasteiger partial charge on any atom is 0.157 e. The van der Waals surface area contributed by atoms with E-state index in [1.165, 1.54) is 0 Å². The van der Waals surface area contributed by atoms with Crippen molar-refractivity contribution in [2.24, 2.45) is 0 Å². The largest absolute Gasteiger partial charge is 0.306 e. The van der Waals surface area contributed by atoms with Gasteiger partial charge in [-0.25, -0.2) is 4.21 Å². The van der Waals surface area contributed by atoms with E-state index in [1.54, 1.807) is 12.1 Å². The monoisotopic (exact) mass is 188 g/mol. The van der Waals surface area contributed by atoms with Crippen LogP contribution in [0.25, 0.3) is 0 Å². The lowest BCUT2D eigenvalue weighted by Gasteiger charge is -1.96. The molecule has 0 aliphatic rings. The van der Waals surface area contributed by atoms with Gasteiger partial charge in [-0.3, -0.25) is 0 Å². The molecular weight excluding hydrogens is 180 g/mol. The van der Waals surface area contributed by atoms with Crippen LogP contribution in [0.2, 0.25) is 0 Å². The van der Waals surface area contributed by atoms with Crippen LogP contribution in [0.1, 0.15) is 5.56 Å². The second kappa shape index (κ2) is 3.90. The minimum absolute atomic E-state index is 0.175. The number of benzene rings is 1. The van der Waals surface area contributed by atoms with Crippen molar-refractivity contribution in [1.29, 1.82) is 0 Å². The molecule has 0 radical (unpaired) electrons. The average molecular weight is 188 g/mol. The van der Waals surface area contributed by atoms with Crippen molar-refractivity contribution in [3.05, 3.63) is 29.8 Å². The summed E-state index contributed by atoms with van der Waals surface area (Å²) >= 11 is 2.34. The SMILES string of the molecule is O=S(O)Cc1cccc(S)c1. The van der Waals surface area contributed by atoms with Crippen LogP contribution in [-0.4, -0.2) is 8.76 Å². The van der Waals surface area contributed by atoms with Crippen LogP contribution in [0.5, 0.6) is 0 Å². The Balaban J connectivity index is 2.79. The lowest BCUT2D eigenvalue weighted by Crippen LogP contribution is -1.91. The number of hydrogen-bond acceptors (Lipinski definition) is 2. The first-order chi connectivity index (χ1) is 5.18. The molecule has 1 N–H and O–H groups in total. The van der Waals surface area contributed by atoms with Gasteiger partial charge in [-0.05, 0) is 17.7 Å². The molecule has 0 saturated heterocycles. The Morgan fingerprint density at radius 2 is 2.27 bits per heavy atom. The average Bonchev–Trinajstić information content (AvgIpc) is 1.85. The standard InChI is InChI=1S/C7H8O2S2/c8-11(9)5-6-2-1-3-7(10)4-6/h1-4,10H,5H2,(H,8,9). The van der Waals surface area contributed by atoms with Crippen LogP contribution in [0, 0.1) is 0 Å². The maximum absolute atomic E-state index is 10.4. The summed E-state index contributed by atoms with van der Waals surface area (Å²) in [4.78, 5) is 0.813. The van der Waals surface area contributed by atoms with E-state index in [0.717, 1.165) is 10.5 Å². The minimum atomic E-state index is -1.76. The van der Waals surface area contributed by atoms with Crippen molar-refractivity contribution in [2.75, 3.05) is 0 Å². The minimum Gasteiger partial charge on any atom is -0.306 e. The third-order valence-electron chi connectivity index (χ3n) is 1.20. The summed E-state index contributed by atoms with van der Waals surface area (Å²) in [5.74, 6) is 0.175. The Kier molecular flexibility index (Phi) is 3.11. The summed E-state index contributed by atoms with van der Waals surface area (Å²) in [6, 6.07) is 7.21. The summed E-state index contributed by atoms with van der Waals surface area (Å²) in [5, 5.41) is 0. The predicted molar refractivity (Wildman–Crippen MR) is 48.2 cm³/mol. The van der Waals surface area contributed by atoms with Gasteiger partial charge in [0.05, 0.1) is 5.75 Å². The lowest BCUT2D eigenvalue weighted by atomic mass is 10.2. The Morgan fingerprint density at radius 1 is 1.55 bits per heavy atom. The molecule has 0 amide bonds. The summed E-state index contributed by atoms with van der Waals surface area (Å²) < 4.78 is 18.9. The van der Waals surface area contributed by atoms with Crippen molar-refractivity contribution in [1.82, 2.24) is 0 Å². The normalized spacial score (nSPS) is 12.9. The number of hydrogen-bond donors (Lipinski definition) is 2. The van der Waals surface area contributed by atoms with Crippen LogP contribution in [0.15, 0.2) is 29.2 Å². The van der Waals surface area contributed by atoms with E-state index in [0.29, 0.717) is 0 Å². The zero-order valence-electron chi connectivity index (χ0n) is 5.73. The van der Waals surface area contributed by atoms with Crippen molar-refractivity contribution >= 4 is 23.7 Å². The third kappa shape index (κ3) is 3.05. The first-order valence-electron chi connectivity index (χ1n) is 3.04. The molecular formula is C7H8O2S2. The van der Waals surface area contributed by atoms with Gasteiger partial charge in [-0.2, -0.15) is 0 Å². The summed E-state index contributed by atoms with van der Waals surface area (Å²) in [6.45, 7) is 0. The summed E-state index contributed by atoms with van der Waals surface area (Å²) in [7, 11) is 0. The van der Waals surface area contributed by atoms with Gasteiger partial charge < -0.3 is 4.55 Å². The molecule has 0 aliphatic heterocycles. The van der Waals surface area contributed by atoms with Gasteiger partial charge in [0.15, 0.2) is 11.1 Å². The first-order valence-corrected chi connectivity index (χ1v) is 4.76. The molecule has 1 unspecified atom stereocenters. The smallest absolute Gasteiger partial charge is 0.157 e. The fourth-order valence-corrected chi connectivity index (χ4v) is 1.51. The van der Waals surface area contributed by atoms with Crippen LogP contribution in [0.4, 0.5) is 0 Å². The molecule has 0 fully saturated rings. The van der Waals surface area contributed by atoms with Crippen molar-refractivity contribution < 1.29 is 8.76 Å². The fourth-order valence-electron chi connectivity index (χ4n) is 0.789. The van der Waals surface area contributed by atoms with E-state index in [1.807, 2.05) is 12.1 Å². The lowest BCUT2D eigenvalue weighted by molar-refractivity contribution is 0.563. The molecule has 2 nitrogen and oxygen atoms in total. The van der Waals surface area contributed by atoms with Gasteiger partial charge in [0.2, 0.25) is 0 Å². The van der Waals surface area contributed by atoms with Gasteiger partial charge in [0, 0.05) is 4.90 Å². The molecule has 0 saturated carbocycles. The van der Waals surface area contributed by atoms with Crippen molar-refractivity contribution in [3.63, 3.8) is 0 Å². The Labute approximate surface area is 73.3 Å². The Hall–Kier alpha value is -0.320. The number of rotatable bonds is 2. The van der Waals surface area contributed by atoms with Crippen LogP contribution in [0.3, 0.4) is 0 Å². The van der Waals surface area contributed by atoms with E-state index < -0.39 is 11.1 Å². The molecule has 0 spiro atoms. The van der Waals surface area contributed by atoms with Gasteiger partial charge in [-0.15, -0.1) is 12.6 Å². The molecule has 1 aromatic carbocycles. The first kappa shape index (κ1) is 8.77. The quantitative estimate of drug-likeness (QED) is 0.547. The fraction of sp³-hybridized carbons (Fsp3) is 0.143. The van der Waals surface area contributed by atoms with E-state index in [4.69, 9.17) is 4.55 Å². The second-order valence-electron chi connectivity index (χ2n) is 2.14. The van der Waals surface area contributed by atoms with Crippen molar-refractivity contribution in [2.45, 2.75) is 10.6 Å². The molecule has 0 aliphatic carbocycles. The summed E-state index contributed by atoms with van der Waals surface area (Å²) in [5.41, 5.74) is 0.832. The molecule has 11 heavy (non-hydrogen) atoms. The highest BCUT2D eigenvalue weighted by Crippen LogP contribution is 2.09.